The summed E-state index contributed by atoms with van der Waals surface area (Å²) in [6, 6.07) is 16.9. The first-order chi connectivity index (χ1) is 17.3. The summed E-state index contributed by atoms with van der Waals surface area (Å²) in [6.07, 6.45) is 0. The molecule has 1 aliphatic rings. The number of aliphatic hydroxyl groups excluding tert-OH is 1. The molecule has 1 amide bonds. The van der Waals surface area contributed by atoms with Crippen molar-refractivity contribution in [2.45, 2.75) is 6.04 Å². The molecule has 3 aromatic rings. The van der Waals surface area contributed by atoms with Gasteiger partial charge in [0.25, 0.3) is 17.4 Å². The Bertz CT molecular complexity index is 1460. The van der Waals surface area contributed by atoms with Crippen LogP contribution in [0.25, 0.3) is 5.76 Å². The fourth-order valence-corrected chi connectivity index (χ4v) is 4.14. The van der Waals surface area contributed by atoms with Crippen LogP contribution < -0.4 is 14.4 Å². The summed E-state index contributed by atoms with van der Waals surface area (Å²) in [4.78, 5) is 38.4. The molecule has 0 bridgehead atoms. The highest BCUT2D eigenvalue weighted by atomic mass is 16.6. The number of ether oxygens (including phenoxy) is 2. The third-order valence-corrected chi connectivity index (χ3v) is 5.78. The number of ketones is 1. The first-order valence-electron chi connectivity index (χ1n) is 10.6. The Kier molecular flexibility index (Phi) is 6.39. The second kappa shape index (κ2) is 9.60. The van der Waals surface area contributed by atoms with Gasteiger partial charge in [-0.15, -0.1) is 0 Å². The smallest absolute Gasteiger partial charge is 0.300 e. The molecular formula is C26H19N3O7. The summed E-state index contributed by atoms with van der Waals surface area (Å²) in [5, 5.41) is 31.6. The number of aliphatic hydroxyl groups is 1. The molecule has 10 heteroatoms. The molecule has 1 unspecified atom stereocenters. The number of nitro groups is 1. The number of nitrogens with zero attached hydrogens (tertiary/aromatic N) is 3. The van der Waals surface area contributed by atoms with E-state index in [-0.39, 0.29) is 22.6 Å². The van der Waals surface area contributed by atoms with E-state index < -0.39 is 28.4 Å². The van der Waals surface area contributed by atoms with Gasteiger partial charge in [-0.05, 0) is 30.3 Å². The first kappa shape index (κ1) is 24.0. The predicted octanol–water partition coefficient (Wildman–Crippen LogP) is 4.11. The highest BCUT2D eigenvalue weighted by Crippen LogP contribution is 2.47. The van der Waals surface area contributed by atoms with E-state index in [9.17, 15) is 24.8 Å². The highest BCUT2D eigenvalue weighted by molar-refractivity contribution is 6.51. The van der Waals surface area contributed by atoms with Crippen molar-refractivity contribution in [3.8, 4) is 17.6 Å². The van der Waals surface area contributed by atoms with Gasteiger partial charge in [-0.25, -0.2) is 0 Å². The molecule has 3 aromatic carbocycles. The fourth-order valence-electron chi connectivity index (χ4n) is 4.14. The van der Waals surface area contributed by atoms with Crippen molar-refractivity contribution < 1.29 is 29.1 Å². The van der Waals surface area contributed by atoms with E-state index in [1.807, 2.05) is 6.07 Å². The third kappa shape index (κ3) is 3.99. The van der Waals surface area contributed by atoms with Gasteiger partial charge in [0, 0.05) is 28.9 Å². The van der Waals surface area contributed by atoms with Gasteiger partial charge in [0.2, 0.25) is 0 Å². The van der Waals surface area contributed by atoms with E-state index in [0.717, 1.165) is 6.07 Å². The number of para-hydroxylation sites is 1. The van der Waals surface area contributed by atoms with Crippen LogP contribution in [0.1, 0.15) is 22.7 Å². The number of Topliss-reactive ketones (excluding diaryl/α,β-unsaturated/α-hetero) is 1. The molecule has 0 aliphatic carbocycles. The lowest BCUT2D eigenvalue weighted by molar-refractivity contribution is -0.384. The Morgan fingerprint density at radius 3 is 2.36 bits per heavy atom. The Morgan fingerprint density at radius 2 is 1.75 bits per heavy atom. The number of amides is 1. The quantitative estimate of drug-likeness (QED) is 0.181. The van der Waals surface area contributed by atoms with Crippen molar-refractivity contribution in [2.24, 2.45) is 0 Å². The number of nitriles is 1. The van der Waals surface area contributed by atoms with Gasteiger partial charge in [0.1, 0.15) is 5.76 Å². The topological polar surface area (TPSA) is 143 Å². The minimum atomic E-state index is -1.16. The van der Waals surface area contributed by atoms with E-state index in [4.69, 9.17) is 14.7 Å². The summed E-state index contributed by atoms with van der Waals surface area (Å²) in [7, 11) is 2.83. The lowest BCUT2D eigenvalue weighted by Gasteiger charge is -2.27. The molecule has 0 aromatic heterocycles. The summed E-state index contributed by atoms with van der Waals surface area (Å²) in [6.45, 7) is 0. The predicted molar refractivity (Wildman–Crippen MR) is 129 cm³/mol. The van der Waals surface area contributed by atoms with E-state index in [1.54, 1.807) is 18.2 Å². The molecule has 1 N–H and O–H groups in total. The molecule has 0 spiro atoms. The minimum Gasteiger partial charge on any atom is -0.507 e. The number of carbonyl (C=O) groups excluding carboxylic acids is 2. The van der Waals surface area contributed by atoms with E-state index >= 15 is 0 Å². The summed E-state index contributed by atoms with van der Waals surface area (Å²) in [5.41, 5.74) is 0.403. The molecule has 180 valence electrons. The molecule has 1 aliphatic heterocycles. The zero-order chi connectivity index (χ0) is 26.0. The van der Waals surface area contributed by atoms with Crippen LogP contribution in [0, 0.1) is 21.4 Å². The van der Waals surface area contributed by atoms with Gasteiger partial charge in [0.15, 0.2) is 11.5 Å². The van der Waals surface area contributed by atoms with Gasteiger partial charge in [-0.1, -0.05) is 24.3 Å². The van der Waals surface area contributed by atoms with Crippen LogP contribution in [0.4, 0.5) is 11.4 Å². The lowest BCUT2D eigenvalue weighted by Crippen LogP contribution is -2.29. The number of hydrogen-bond donors (Lipinski definition) is 1. The molecule has 1 heterocycles. The summed E-state index contributed by atoms with van der Waals surface area (Å²) in [5.74, 6) is -1.94. The molecule has 36 heavy (non-hydrogen) atoms. The average molecular weight is 485 g/mol. The Labute approximate surface area is 205 Å². The van der Waals surface area contributed by atoms with E-state index in [2.05, 4.69) is 0 Å². The molecule has 1 saturated heterocycles. The lowest BCUT2D eigenvalue weighted by atomic mass is 9.94. The average Bonchev–Trinajstić information content (AvgIpc) is 3.17. The molecule has 1 atom stereocenters. The van der Waals surface area contributed by atoms with Gasteiger partial charge in [0.05, 0.1) is 42.4 Å². The van der Waals surface area contributed by atoms with Crippen molar-refractivity contribution in [3.05, 3.63) is 99.1 Å². The Morgan fingerprint density at radius 1 is 1.06 bits per heavy atom. The first-order valence-corrected chi connectivity index (χ1v) is 10.6. The molecular weight excluding hydrogens is 466 g/mol. The number of nitro benzene ring substituents is 1. The van der Waals surface area contributed by atoms with Gasteiger partial charge in [-0.3, -0.25) is 24.6 Å². The molecule has 10 nitrogen and oxygen atoms in total. The van der Waals surface area contributed by atoms with Crippen LogP contribution in [-0.2, 0) is 9.59 Å². The van der Waals surface area contributed by atoms with Crippen molar-refractivity contribution >= 4 is 28.8 Å². The van der Waals surface area contributed by atoms with Crippen LogP contribution in [-0.4, -0.2) is 35.9 Å². The van der Waals surface area contributed by atoms with Crippen molar-refractivity contribution in [1.82, 2.24) is 0 Å². The second-order valence-electron chi connectivity index (χ2n) is 7.72. The number of non-ortho nitro benzene ring substituents is 1. The number of anilines is 1. The number of hydrogen-bond acceptors (Lipinski definition) is 8. The summed E-state index contributed by atoms with van der Waals surface area (Å²) < 4.78 is 10.9. The zero-order valence-electron chi connectivity index (χ0n) is 19.2. The molecule has 0 radical (unpaired) electrons. The largest absolute Gasteiger partial charge is 0.507 e. The Hall–Kier alpha value is -5.17. The van der Waals surface area contributed by atoms with Gasteiger partial charge >= 0.3 is 0 Å². The standard InChI is InChI=1S/C26H19N3O7/c1-35-20-8-4-7-19(25(20)36-2)22-21(23(30)16-5-3-6-18(13-16)29(33)34)24(31)26(32)28(22)17-11-9-15(14-27)10-12-17/h3-13,22,30H,1-2H3/b23-21-. The zero-order valence-corrected chi connectivity index (χ0v) is 19.2. The van der Waals surface area contributed by atoms with Crippen LogP contribution >= 0.6 is 0 Å². The number of methoxy groups -OCH3 is 2. The normalized spacial score (nSPS) is 16.5. The molecule has 4 rings (SSSR count). The van der Waals surface area contributed by atoms with Crippen LogP contribution in [0.15, 0.2) is 72.3 Å². The SMILES string of the molecule is COc1cccc(C2/C(=C(/O)c3cccc([N+](=O)[O-])c3)C(=O)C(=O)N2c2ccc(C#N)cc2)c1OC. The number of rotatable bonds is 6. The van der Waals surface area contributed by atoms with Crippen molar-refractivity contribution in [3.63, 3.8) is 0 Å². The fraction of sp³-hybridized carbons (Fsp3) is 0.115. The molecule has 0 saturated carbocycles. The minimum absolute atomic E-state index is 0.00566. The van der Waals surface area contributed by atoms with Gasteiger partial charge < -0.3 is 14.6 Å². The van der Waals surface area contributed by atoms with Crippen LogP contribution in [0.2, 0.25) is 0 Å². The van der Waals surface area contributed by atoms with E-state index in [0.29, 0.717) is 22.6 Å². The maximum Gasteiger partial charge on any atom is 0.300 e. The Balaban J connectivity index is 2.01. The maximum absolute atomic E-state index is 13.3. The monoisotopic (exact) mass is 485 g/mol. The second-order valence-corrected chi connectivity index (χ2v) is 7.72. The number of benzene rings is 3. The maximum atomic E-state index is 13.3. The summed E-state index contributed by atoms with van der Waals surface area (Å²) >= 11 is 0. The number of carbonyl (C=O) groups is 2. The third-order valence-electron chi connectivity index (χ3n) is 5.78. The highest BCUT2D eigenvalue weighted by Gasteiger charge is 2.48. The van der Waals surface area contributed by atoms with Crippen LogP contribution in [0.3, 0.4) is 0 Å². The van der Waals surface area contributed by atoms with Gasteiger partial charge in [-0.2, -0.15) is 5.26 Å². The van der Waals surface area contributed by atoms with Crippen LogP contribution in [0.5, 0.6) is 11.5 Å². The van der Waals surface area contributed by atoms with Crippen molar-refractivity contribution in [1.29, 1.82) is 5.26 Å². The van der Waals surface area contributed by atoms with Crippen molar-refractivity contribution in [2.75, 3.05) is 19.1 Å². The molecule has 1 fully saturated rings. The van der Waals surface area contributed by atoms with E-state index in [1.165, 1.54) is 61.6 Å².